The number of hydrogen-bond acceptors (Lipinski definition) is 4. The smallest absolute Gasteiger partial charge is 0.307 e. The van der Waals surface area contributed by atoms with E-state index in [2.05, 4.69) is 10.3 Å². The Hall–Kier alpha value is -1.58. The largest absolute Gasteiger partial charge is 0.466 e. The van der Waals surface area contributed by atoms with Crippen LogP contribution in [0.5, 0.6) is 0 Å². The fourth-order valence-electron chi connectivity index (χ4n) is 1.01. The first-order chi connectivity index (χ1) is 6.83. The lowest BCUT2D eigenvalue weighted by molar-refractivity contribution is -0.142. The van der Waals surface area contributed by atoms with Crippen molar-refractivity contribution in [1.82, 2.24) is 4.98 Å². The molecule has 4 nitrogen and oxygen atoms in total. The van der Waals surface area contributed by atoms with Crippen LogP contribution in [0.4, 0.5) is 5.69 Å². The van der Waals surface area contributed by atoms with Crippen molar-refractivity contribution in [2.24, 2.45) is 0 Å². The van der Waals surface area contributed by atoms with Crippen LogP contribution >= 0.6 is 0 Å². The van der Waals surface area contributed by atoms with Gasteiger partial charge in [0.05, 0.1) is 13.0 Å². The highest BCUT2D eigenvalue weighted by Crippen LogP contribution is 2.02. The molecule has 14 heavy (non-hydrogen) atoms. The maximum absolute atomic E-state index is 11.0. The molecule has 76 valence electrons. The van der Waals surface area contributed by atoms with Crippen LogP contribution in [0.15, 0.2) is 24.5 Å². The Balaban J connectivity index is 2.19. The molecule has 1 aromatic heterocycles. The zero-order chi connectivity index (χ0) is 10.2. The van der Waals surface area contributed by atoms with Gasteiger partial charge in [0, 0.05) is 24.6 Å². The third-order valence-electron chi connectivity index (χ3n) is 1.64. The van der Waals surface area contributed by atoms with Crippen molar-refractivity contribution in [3.8, 4) is 0 Å². The molecular formula is C10H14N2O2. The number of ether oxygens (including phenoxy) is 1. The Morgan fingerprint density at radius 3 is 2.86 bits per heavy atom. The van der Waals surface area contributed by atoms with Crippen molar-refractivity contribution < 1.29 is 9.53 Å². The molecule has 0 fully saturated rings. The van der Waals surface area contributed by atoms with E-state index in [0.29, 0.717) is 19.6 Å². The summed E-state index contributed by atoms with van der Waals surface area (Å²) in [6.07, 6.45) is 3.79. The molecule has 0 radical (unpaired) electrons. The average Bonchev–Trinajstić information content (AvgIpc) is 2.20. The van der Waals surface area contributed by atoms with E-state index in [1.54, 1.807) is 19.3 Å². The van der Waals surface area contributed by atoms with Crippen molar-refractivity contribution in [1.29, 1.82) is 0 Å². The molecule has 0 aromatic carbocycles. The van der Waals surface area contributed by atoms with Gasteiger partial charge in [-0.1, -0.05) is 0 Å². The Bertz CT molecular complexity index is 275. The number of nitrogens with one attached hydrogen (secondary N) is 1. The maximum Gasteiger partial charge on any atom is 0.307 e. The summed E-state index contributed by atoms with van der Waals surface area (Å²) in [5, 5.41) is 3.09. The number of carbonyl (C=O) groups excluding carboxylic acids is 1. The van der Waals surface area contributed by atoms with Gasteiger partial charge >= 0.3 is 5.97 Å². The highest BCUT2D eigenvalue weighted by Gasteiger charge is 1.99. The summed E-state index contributed by atoms with van der Waals surface area (Å²) in [4.78, 5) is 14.8. The zero-order valence-electron chi connectivity index (χ0n) is 8.19. The number of nitrogens with zero attached hydrogens (tertiary/aromatic N) is 1. The lowest BCUT2D eigenvalue weighted by atomic mass is 10.3. The molecule has 0 amide bonds. The maximum atomic E-state index is 11.0. The number of rotatable bonds is 5. The van der Waals surface area contributed by atoms with Gasteiger partial charge < -0.3 is 10.1 Å². The molecule has 1 aromatic rings. The van der Waals surface area contributed by atoms with Gasteiger partial charge in [0.2, 0.25) is 0 Å². The zero-order valence-corrected chi connectivity index (χ0v) is 8.19. The lowest BCUT2D eigenvalue weighted by Crippen LogP contribution is -2.11. The predicted octanol–water partition coefficient (Wildman–Crippen LogP) is 1.45. The molecule has 0 saturated heterocycles. The van der Waals surface area contributed by atoms with E-state index in [1.807, 2.05) is 12.1 Å². The lowest BCUT2D eigenvalue weighted by Gasteiger charge is -2.04. The minimum Gasteiger partial charge on any atom is -0.466 e. The second kappa shape index (κ2) is 5.96. The number of esters is 1. The van der Waals surface area contributed by atoms with Crippen LogP contribution in [0.2, 0.25) is 0 Å². The summed E-state index contributed by atoms with van der Waals surface area (Å²) in [7, 11) is 0. The van der Waals surface area contributed by atoms with Gasteiger partial charge in [-0.05, 0) is 19.1 Å². The monoisotopic (exact) mass is 194 g/mol. The summed E-state index contributed by atoms with van der Waals surface area (Å²) >= 11 is 0. The molecule has 1 rings (SSSR count). The van der Waals surface area contributed by atoms with Gasteiger partial charge in [0.1, 0.15) is 0 Å². The first-order valence-electron chi connectivity index (χ1n) is 4.62. The minimum absolute atomic E-state index is 0.172. The van der Waals surface area contributed by atoms with Crippen LogP contribution in [0.3, 0.4) is 0 Å². The molecule has 1 N–H and O–H groups in total. The molecule has 0 aliphatic carbocycles. The van der Waals surface area contributed by atoms with Gasteiger partial charge in [-0.2, -0.15) is 0 Å². The van der Waals surface area contributed by atoms with Crippen molar-refractivity contribution >= 4 is 11.7 Å². The Labute approximate surface area is 83.3 Å². The first kappa shape index (κ1) is 10.5. The van der Waals surface area contributed by atoms with E-state index in [1.165, 1.54) is 0 Å². The molecule has 0 aliphatic heterocycles. The van der Waals surface area contributed by atoms with E-state index in [4.69, 9.17) is 4.74 Å². The van der Waals surface area contributed by atoms with Crippen LogP contribution in [0.1, 0.15) is 13.3 Å². The van der Waals surface area contributed by atoms with Crippen molar-refractivity contribution in [3.05, 3.63) is 24.5 Å². The molecule has 0 bridgehead atoms. The third-order valence-corrected chi connectivity index (χ3v) is 1.64. The molecule has 0 aliphatic rings. The molecular weight excluding hydrogens is 180 g/mol. The standard InChI is InChI=1S/C10H14N2O2/c1-2-14-10(13)5-8-12-9-3-6-11-7-4-9/h3-4,6-7H,2,5,8H2,1H3,(H,11,12). The molecule has 0 atom stereocenters. The molecule has 4 heteroatoms. The predicted molar refractivity (Wildman–Crippen MR) is 54.0 cm³/mol. The molecule has 0 saturated carbocycles. The Kier molecular flexibility index (Phi) is 4.47. The number of carbonyl (C=O) groups is 1. The van der Waals surface area contributed by atoms with E-state index in [-0.39, 0.29) is 5.97 Å². The fraction of sp³-hybridized carbons (Fsp3) is 0.400. The van der Waals surface area contributed by atoms with E-state index < -0.39 is 0 Å². The van der Waals surface area contributed by atoms with Crippen LogP contribution in [0.25, 0.3) is 0 Å². The average molecular weight is 194 g/mol. The van der Waals surface area contributed by atoms with Crippen LogP contribution in [-0.4, -0.2) is 24.1 Å². The normalized spacial score (nSPS) is 9.50. The van der Waals surface area contributed by atoms with Crippen LogP contribution in [-0.2, 0) is 9.53 Å². The Morgan fingerprint density at radius 2 is 2.21 bits per heavy atom. The quantitative estimate of drug-likeness (QED) is 0.721. The van der Waals surface area contributed by atoms with Crippen LogP contribution in [0, 0.1) is 0 Å². The van der Waals surface area contributed by atoms with Gasteiger partial charge in [0.25, 0.3) is 0 Å². The highest BCUT2D eigenvalue weighted by atomic mass is 16.5. The van der Waals surface area contributed by atoms with Crippen molar-refractivity contribution in [3.63, 3.8) is 0 Å². The summed E-state index contributed by atoms with van der Waals surface area (Å²) in [5.74, 6) is -0.172. The number of pyridine rings is 1. The van der Waals surface area contributed by atoms with Gasteiger partial charge in [-0.25, -0.2) is 0 Å². The third kappa shape index (κ3) is 3.89. The second-order valence-electron chi connectivity index (χ2n) is 2.72. The molecule has 0 unspecified atom stereocenters. The SMILES string of the molecule is CCOC(=O)CCNc1ccncc1. The Morgan fingerprint density at radius 1 is 1.50 bits per heavy atom. The first-order valence-corrected chi connectivity index (χ1v) is 4.62. The van der Waals surface area contributed by atoms with Gasteiger partial charge in [0.15, 0.2) is 0 Å². The van der Waals surface area contributed by atoms with E-state index in [0.717, 1.165) is 5.69 Å². The summed E-state index contributed by atoms with van der Waals surface area (Å²) in [5.41, 5.74) is 0.962. The molecule has 0 spiro atoms. The van der Waals surface area contributed by atoms with Crippen LogP contribution < -0.4 is 5.32 Å². The second-order valence-corrected chi connectivity index (χ2v) is 2.72. The number of hydrogen-bond donors (Lipinski definition) is 1. The molecule has 1 heterocycles. The van der Waals surface area contributed by atoms with E-state index in [9.17, 15) is 4.79 Å². The number of anilines is 1. The number of aromatic nitrogens is 1. The van der Waals surface area contributed by atoms with Crippen molar-refractivity contribution in [2.45, 2.75) is 13.3 Å². The highest BCUT2D eigenvalue weighted by molar-refractivity contribution is 5.70. The topological polar surface area (TPSA) is 51.2 Å². The van der Waals surface area contributed by atoms with Gasteiger partial charge in [-0.15, -0.1) is 0 Å². The minimum atomic E-state index is -0.172. The summed E-state index contributed by atoms with van der Waals surface area (Å²) in [6.45, 7) is 2.82. The van der Waals surface area contributed by atoms with Crippen molar-refractivity contribution in [2.75, 3.05) is 18.5 Å². The summed E-state index contributed by atoms with van der Waals surface area (Å²) in [6, 6.07) is 3.70. The van der Waals surface area contributed by atoms with E-state index >= 15 is 0 Å². The fourth-order valence-corrected chi connectivity index (χ4v) is 1.01. The van der Waals surface area contributed by atoms with Gasteiger partial charge in [-0.3, -0.25) is 9.78 Å². The summed E-state index contributed by atoms with van der Waals surface area (Å²) < 4.78 is 4.79.